The second-order valence-corrected chi connectivity index (χ2v) is 7.29. The van der Waals surface area contributed by atoms with Crippen molar-refractivity contribution in [2.75, 3.05) is 19.6 Å². The predicted octanol–water partition coefficient (Wildman–Crippen LogP) is 3.52. The Bertz CT molecular complexity index is 931. The molecule has 1 saturated heterocycles. The number of likely N-dealkylation sites (tertiary alicyclic amines) is 1. The number of rotatable bonds is 7. The lowest BCUT2D eigenvalue weighted by Crippen LogP contribution is -2.37. The maximum absolute atomic E-state index is 13.3. The number of imidazole rings is 1. The van der Waals surface area contributed by atoms with Gasteiger partial charge in [-0.05, 0) is 55.8 Å². The van der Waals surface area contributed by atoms with Crippen molar-refractivity contribution in [1.82, 2.24) is 19.8 Å². The molecule has 3 aromatic rings. The molecule has 0 spiro atoms. The number of hydrogen-bond acceptors (Lipinski definition) is 3. The molecule has 146 valence electrons. The highest BCUT2D eigenvalue weighted by Gasteiger charge is 2.24. The van der Waals surface area contributed by atoms with Crippen LogP contribution in [0.5, 0.6) is 0 Å². The first-order valence-corrected chi connectivity index (χ1v) is 9.87. The molecule has 0 radical (unpaired) electrons. The third-order valence-electron chi connectivity index (χ3n) is 5.44. The van der Waals surface area contributed by atoms with Crippen molar-refractivity contribution in [2.45, 2.75) is 31.8 Å². The second kappa shape index (κ2) is 8.52. The van der Waals surface area contributed by atoms with Gasteiger partial charge in [-0.2, -0.15) is 0 Å². The first kappa shape index (κ1) is 18.6. The monoisotopic (exact) mass is 380 g/mol. The van der Waals surface area contributed by atoms with E-state index in [4.69, 9.17) is 0 Å². The quantitative estimate of drug-likeness (QED) is 0.682. The van der Waals surface area contributed by atoms with Crippen molar-refractivity contribution in [3.8, 4) is 0 Å². The lowest BCUT2D eigenvalue weighted by atomic mass is 10.1. The summed E-state index contributed by atoms with van der Waals surface area (Å²) in [6.07, 6.45) is 4.51. The van der Waals surface area contributed by atoms with Crippen LogP contribution in [0.15, 0.2) is 54.9 Å². The Balaban J connectivity index is 1.36. The molecule has 2 heterocycles. The Morgan fingerprint density at radius 2 is 1.86 bits per heavy atom. The van der Waals surface area contributed by atoms with E-state index in [1.807, 2.05) is 41.0 Å². The normalized spacial score (nSPS) is 15.8. The summed E-state index contributed by atoms with van der Waals surface area (Å²) < 4.78 is 15.3. The predicted molar refractivity (Wildman–Crippen MR) is 107 cm³/mol. The maximum atomic E-state index is 13.3. The smallest absolute Gasteiger partial charge is 0.221 e. The number of aryl methyl sites for hydroxylation is 1. The van der Waals surface area contributed by atoms with Gasteiger partial charge in [0.1, 0.15) is 5.82 Å². The SMILES string of the molecule is O=C(CCn1cnc2ccccc21)NCC(c1ccc(F)cc1)N1CCCC1. The average molecular weight is 380 g/mol. The number of para-hydroxylation sites is 2. The van der Waals surface area contributed by atoms with Crippen molar-refractivity contribution in [3.05, 3.63) is 66.2 Å². The summed E-state index contributed by atoms with van der Waals surface area (Å²) >= 11 is 0. The molecule has 1 aromatic heterocycles. The first-order valence-electron chi connectivity index (χ1n) is 9.87. The van der Waals surface area contributed by atoms with Gasteiger partial charge in [-0.25, -0.2) is 9.37 Å². The number of amides is 1. The fourth-order valence-corrected chi connectivity index (χ4v) is 3.91. The summed E-state index contributed by atoms with van der Waals surface area (Å²) in [6, 6.07) is 14.6. The minimum atomic E-state index is -0.236. The van der Waals surface area contributed by atoms with E-state index in [0.717, 1.165) is 29.7 Å². The standard InChI is InChI=1S/C22H25FN4O/c23-18-9-7-17(8-10-18)21(26-12-3-4-13-26)15-24-22(28)11-14-27-16-25-19-5-1-2-6-20(19)27/h1-2,5-10,16,21H,3-4,11-15H2,(H,24,28). The van der Waals surface area contributed by atoms with E-state index >= 15 is 0 Å². The lowest BCUT2D eigenvalue weighted by molar-refractivity contribution is -0.121. The molecule has 2 aromatic carbocycles. The van der Waals surface area contributed by atoms with Gasteiger partial charge in [-0.3, -0.25) is 9.69 Å². The average Bonchev–Trinajstić information content (AvgIpc) is 3.38. The zero-order valence-corrected chi connectivity index (χ0v) is 15.9. The third-order valence-corrected chi connectivity index (χ3v) is 5.44. The summed E-state index contributed by atoms with van der Waals surface area (Å²) in [5.74, 6) is -0.218. The van der Waals surface area contributed by atoms with E-state index in [1.54, 1.807) is 6.33 Å². The highest BCUT2D eigenvalue weighted by Crippen LogP contribution is 2.25. The van der Waals surface area contributed by atoms with Crippen LogP contribution in [0.4, 0.5) is 4.39 Å². The van der Waals surface area contributed by atoms with E-state index < -0.39 is 0 Å². The number of aromatic nitrogens is 2. The summed E-state index contributed by atoms with van der Waals surface area (Å²) in [7, 11) is 0. The Kier molecular flexibility index (Phi) is 5.67. The van der Waals surface area contributed by atoms with Crippen LogP contribution >= 0.6 is 0 Å². The molecule has 1 N–H and O–H groups in total. The number of nitrogens with one attached hydrogen (secondary N) is 1. The van der Waals surface area contributed by atoms with Gasteiger partial charge in [-0.1, -0.05) is 24.3 Å². The lowest BCUT2D eigenvalue weighted by Gasteiger charge is -2.28. The van der Waals surface area contributed by atoms with Crippen molar-refractivity contribution in [3.63, 3.8) is 0 Å². The largest absolute Gasteiger partial charge is 0.354 e. The molecule has 1 fully saturated rings. The van der Waals surface area contributed by atoms with Crippen LogP contribution in [-0.2, 0) is 11.3 Å². The second-order valence-electron chi connectivity index (χ2n) is 7.29. The van der Waals surface area contributed by atoms with Crippen molar-refractivity contribution in [2.24, 2.45) is 0 Å². The van der Waals surface area contributed by atoms with E-state index in [-0.39, 0.29) is 17.8 Å². The number of carbonyl (C=O) groups excluding carboxylic acids is 1. The molecular weight excluding hydrogens is 355 g/mol. The van der Waals surface area contributed by atoms with Crippen LogP contribution in [0.3, 0.4) is 0 Å². The number of nitrogens with zero attached hydrogens (tertiary/aromatic N) is 3. The topological polar surface area (TPSA) is 50.2 Å². The molecule has 5 nitrogen and oxygen atoms in total. The van der Waals surface area contributed by atoms with Crippen LogP contribution in [-0.4, -0.2) is 40.0 Å². The minimum absolute atomic E-state index is 0.0177. The van der Waals surface area contributed by atoms with E-state index in [1.165, 1.54) is 25.0 Å². The Labute approximate surface area is 164 Å². The number of carbonyl (C=O) groups is 1. The van der Waals surface area contributed by atoms with Gasteiger partial charge >= 0.3 is 0 Å². The zero-order valence-electron chi connectivity index (χ0n) is 15.9. The minimum Gasteiger partial charge on any atom is -0.354 e. The molecule has 1 aliphatic rings. The first-order chi connectivity index (χ1) is 13.7. The number of hydrogen-bond donors (Lipinski definition) is 1. The molecule has 0 bridgehead atoms. The van der Waals surface area contributed by atoms with E-state index in [0.29, 0.717) is 19.5 Å². The van der Waals surface area contributed by atoms with Crippen LogP contribution < -0.4 is 5.32 Å². The summed E-state index contributed by atoms with van der Waals surface area (Å²) in [4.78, 5) is 19.2. The molecule has 1 unspecified atom stereocenters. The highest BCUT2D eigenvalue weighted by atomic mass is 19.1. The van der Waals surface area contributed by atoms with Crippen LogP contribution in [0.1, 0.15) is 30.9 Å². The number of benzene rings is 2. The van der Waals surface area contributed by atoms with Gasteiger partial charge in [0.15, 0.2) is 0 Å². The molecule has 1 atom stereocenters. The summed E-state index contributed by atoms with van der Waals surface area (Å²) in [5.41, 5.74) is 3.02. The van der Waals surface area contributed by atoms with Crippen molar-refractivity contribution >= 4 is 16.9 Å². The van der Waals surface area contributed by atoms with Gasteiger partial charge in [0.2, 0.25) is 5.91 Å². The van der Waals surface area contributed by atoms with E-state index in [9.17, 15) is 9.18 Å². The van der Waals surface area contributed by atoms with Crippen LogP contribution in [0, 0.1) is 5.82 Å². The molecule has 1 amide bonds. The molecule has 0 aliphatic carbocycles. The third kappa shape index (κ3) is 4.22. The Morgan fingerprint density at radius 3 is 2.64 bits per heavy atom. The van der Waals surface area contributed by atoms with Gasteiger partial charge in [0.05, 0.1) is 23.4 Å². The Morgan fingerprint density at radius 1 is 1.11 bits per heavy atom. The van der Waals surface area contributed by atoms with Crippen LogP contribution in [0.25, 0.3) is 11.0 Å². The van der Waals surface area contributed by atoms with Crippen molar-refractivity contribution in [1.29, 1.82) is 0 Å². The van der Waals surface area contributed by atoms with Gasteiger partial charge in [-0.15, -0.1) is 0 Å². The van der Waals surface area contributed by atoms with Gasteiger partial charge in [0, 0.05) is 19.5 Å². The number of halogens is 1. The summed E-state index contributed by atoms with van der Waals surface area (Å²) in [5, 5.41) is 3.08. The summed E-state index contributed by atoms with van der Waals surface area (Å²) in [6.45, 7) is 3.16. The molecule has 0 saturated carbocycles. The fourth-order valence-electron chi connectivity index (χ4n) is 3.91. The highest BCUT2D eigenvalue weighted by molar-refractivity contribution is 5.77. The Hall–Kier alpha value is -2.73. The molecule has 6 heteroatoms. The molecule has 28 heavy (non-hydrogen) atoms. The van der Waals surface area contributed by atoms with Gasteiger partial charge in [0.25, 0.3) is 0 Å². The van der Waals surface area contributed by atoms with E-state index in [2.05, 4.69) is 15.2 Å². The molecule has 4 rings (SSSR count). The number of fused-ring (bicyclic) bond motifs is 1. The van der Waals surface area contributed by atoms with Crippen molar-refractivity contribution < 1.29 is 9.18 Å². The zero-order chi connectivity index (χ0) is 19.3. The van der Waals surface area contributed by atoms with Crippen LogP contribution in [0.2, 0.25) is 0 Å². The molecule has 1 aliphatic heterocycles. The fraction of sp³-hybridized carbons (Fsp3) is 0.364. The molecular formula is C22H25FN4O. The maximum Gasteiger partial charge on any atom is 0.221 e. The van der Waals surface area contributed by atoms with Gasteiger partial charge < -0.3 is 9.88 Å².